The molecule has 260 valence electrons. The van der Waals surface area contributed by atoms with Gasteiger partial charge in [-0.1, -0.05) is 102 Å². The molecule has 0 bridgehead atoms. The molecule has 0 aliphatic rings. The highest BCUT2D eigenvalue weighted by Crippen LogP contribution is 2.41. The number of hydrogen-bond acceptors (Lipinski definition) is 6. The highest BCUT2D eigenvalue weighted by molar-refractivity contribution is 7.14. The third-order valence-electron chi connectivity index (χ3n) is 9.18. The van der Waals surface area contributed by atoms with Crippen LogP contribution in [0.5, 0.6) is 11.5 Å². The van der Waals surface area contributed by atoms with Crippen LogP contribution in [0.3, 0.4) is 0 Å². The molecule has 0 aliphatic carbocycles. The minimum absolute atomic E-state index is 0.745. The molecule has 0 saturated carbocycles. The number of benzene rings is 3. The summed E-state index contributed by atoms with van der Waals surface area (Å²) in [5.74, 6) is 1.78. The molecule has 0 N–H and O–H groups in total. The smallest absolute Gasteiger partial charge is 0.119 e. The summed E-state index contributed by atoms with van der Waals surface area (Å²) in [5.41, 5.74) is 7.80. The maximum atomic E-state index is 6.14. The normalized spacial score (nSPS) is 11.3. The Morgan fingerprint density at radius 2 is 0.860 bits per heavy atom. The Balaban J connectivity index is 1.32. The molecule has 6 heteroatoms. The van der Waals surface area contributed by atoms with Crippen LogP contribution in [0.1, 0.15) is 90.9 Å². The molecule has 6 aromatic rings. The quantitative estimate of drug-likeness (QED) is 0.0743. The second-order valence-electron chi connectivity index (χ2n) is 13.0. The molecular weight excluding hydrogens is 653 g/mol. The number of fused-ring (bicyclic) bond motifs is 1. The zero-order valence-electron chi connectivity index (χ0n) is 29.7. The summed E-state index contributed by atoms with van der Waals surface area (Å²) >= 11 is 3.46. The van der Waals surface area contributed by atoms with Crippen molar-refractivity contribution in [2.45, 2.75) is 90.9 Å². The Kier molecular flexibility index (Phi) is 13.5. The SMILES string of the molecule is CCCCCCCCOc1ccc(-c2nc3c(-c4cccs4)ccc(-c4cccs4)c3nc2-c2ccc(OCCCCCCCC)cc2)cc1. The molecule has 0 aliphatic heterocycles. The average molecular weight is 703 g/mol. The standard InChI is InChI=1S/C44H50N2O2S2/c1-3-5-7-9-11-13-29-47-35-23-19-33(20-24-35)41-42(34-21-25-36(26-22-34)48-30-14-12-10-8-6-4-2)46-44-38(40-18-16-32-50-40)28-27-37(43(44)45-41)39-17-15-31-49-39/h15-28,31-32H,3-14,29-30H2,1-2H3. The number of rotatable bonds is 20. The molecule has 0 amide bonds. The highest BCUT2D eigenvalue weighted by atomic mass is 32.1. The van der Waals surface area contributed by atoms with Crippen molar-refractivity contribution >= 4 is 33.7 Å². The van der Waals surface area contributed by atoms with Gasteiger partial charge < -0.3 is 9.47 Å². The van der Waals surface area contributed by atoms with E-state index in [0.717, 1.165) is 82.2 Å². The first-order valence-electron chi connectivity index (χ1n) is 18.6. The molecule has 6 rings (SSSR count). The number of nitrogens with zero attached hydrogens (tertiary/aromatic N) is 2. The highest BCUT2D eigenvalue weighted by Gasteiger charge is 2.20. The van der Waals surface area contributed by atoms with Gasteiger partial charge in [0.25, 0.3) is 0 Å². The van der Waals surface area contributed by atoms with Gasteiger partial charge in [-0.15, -0.1) is 22.7 Å². The predicted octanol–water partition coefficient (Wildman–Crippen LogP) is 13.9. The maximum absolute atomic E-state index is 6.14. The number of unbranched alkanes of at least 4 members (excludes halogenated alkanes) is 10. The molecular formula is C44H50N2O2S2. The topological polar surface area (TPSA) is 44.2 Å². The lowest BCUT2D eigenvalue weighted by Gasteiger charge is -2.15. The van der Waals surface area contributed by atoms with Crippen LogP contribution < -0.4 is 9.47 Å². The Labute approximate surface area is 306 Å². The van der Waals surface area contributed by atoms with Gasteiger partial charge in [-0.25, -0.2) is 9.97 Å². The van der Waals surface area contributed by atoms with Gasteiger partial charge in [-0.3, -0.25) is 0 Å². The summed E-state index contributed by atoms with van der Waals surface area (Å²) < 4.78 is 12.3. The van der Waals surface area contributed by atoms with Crippen LogP contribution in [-0.4, -0.2) is 23.2 Å². The van der Waals surface area contributed by atoms with E-state index in [1.54, 1.807) is 22.7 Å². The van der Waals surface area contributed by atoms with E-state index in [9.17, 15) is 0 Å². The second-order valence-corrected chi connectivity index (χ2v) is 14.9. The number of thiophene rings is 2. The third kappa shape index (κ3) is 9.41. The molecule has 0 saturated heterocycles. The lowest BCUT2D eigenvalue weighted by atomic mass is 10.0. The van der Waals surface area contributed by atoms with Gasteiger partial charge >= 0.3 is 0 Å². The van der Waals surface area contributed by atoms with Crippen molar-refractivity contribution in [1.29, 1.82) is 0 Å². The molecule has 0 unspecified atom stereocenters. The Hall–Kier alpha value is -4.00. The Morgan fingerprint density at radius 1 is 0.460 bits per heavy atom. The van der Waals surface area contributed by atoms with Crippen molar-refractivity contribution in [1.82, 2.24) is 9.97 Å². The van der Waals surface area contributed by atoms with E-state index in [1.807, 2.05) is 0 Å². The van der Waals surface area contributed by atoms with Crippen molar-refractivity contribution in [2.75, 3.05) is 13.2 Å². The first-order chi connectivity index (χ1) is 24.7. The molecule has 3 heterocycles. The van der Waals surface area contributed by atoms with Crippen LogP contribution in [0, 0.1) is 0 Å². The van der Waals surface area contributed by atoms with Crippen molar-refractivity contribution in [2.24, 2.45) is 0 Å². The zero-order chi connectivity index (χ0) is 34.4. The fourth-order valence-corrected chi connectivity index (χ4v) is 7.87. The van der Waals surface area contributed by atoms with Gasteiger partial charge in [0, 0.05) is 32.0 Å². The molecule has 50 heavy (non-hydrogen) atoms. The monoisotopic (exact) mass is 702 g/mol. The zero-order valence-corrected chi connectivity index (χ0v) is 31.3. The Morgan fingerprint density at radius 3 is 1.24 bits per heavy atom. The van der Waals surface area contributed by atoms with E-state index in [0.29, 0.717) is 0 Å². The molecule has 0 fully saturated rings. The van der Waals surface area contributed by atoms with E-state index in [2.05, 4.69) is 110 Å². The summed E-state index contributed by atoms with van der Waals surface area (Å²) in [4.78, 5) is 13.3. The molecule has 3 aromatic carbocycles. The van der Waals surface area contributed by atoms with E-state index >= 15 is 0 Å². The average Bonchev–Trinajstić information content (AvgIpc) is 3.90. The number of hydrogen-bond donors (Lipinski definition) is 0. The van der Waals surface area contributed by atoms with Gasteiger partial charge in [-0.2, -0.15) is 0 Å². The third-order valence-corrected chi connectivity index (χ3v) is 11.0. The molecule has 0 radical (unpaired) electrons. The lowest BCUT2D eigenvalue weighted by Crippen LogP contribution is -2.00. The van der Waals surface area contributed by atoms with Crippen molar-refractivity contribution in [3.05, 3.63) is 95.7 Å². The van der Waals surface area contributed by atoms with Crippen molar-refractivity contribution in [3.8, 4) is 54.9 Å². The fraction of sp³-hybridized carbons (Fsp3) is 0.364. The van der Waals surface area contributed by atoms with Crippen LogP contribution in [0.15, 0.2) is 95.7 Å². The molecule has 0 atom stereocenters. The van der Waals surface area contributed by atoms with Crippen LogP contribution in [0.4, 0.5) is 0 Å². The molecule has 4 nitrogen and oxygen atoms in total. The lowest BCUT2D eigenvalue weighted by molar-refractivity contribution is 0.304. The van der Waals surface area contributed by atoms with Gasteiger partial charge in [0.15, 0.2) is 0 Å². The van der Waals surface area contributed by atoms with Crippen LogP contribution in [0.25, 0.3) is 54.4 Å². The Bertz CT molecular complexity index is 1730. The van der Waals surface area contributed by atoms with Gasteiger partial charge in [0.2, 0.25) is 0 Å². The summed E-state index contributed by atoms with van der Waals surface area (Å²) in [6.45, 7) is 6.01. The van der Waals surface area contributed by atoms with Crippen molar-refractivity contribution in [3.63, 3.8) is 0 Å². The van der Waals surface area contributed by atoms with E-state index < -0.39 is 0 Å². The first-order valence-corrected chi connectivity index (χ1v) is 20.4. The fourth-order valence-electron chi connectivity index (χ4n) is 6.36. The summed E-state index contributed by atoms with van der Waals surface area (Å²) in [6.07, 6.45) is 15.0. The van der Waals surface area contributed by atoms with Gasteiger partial charge in [-0.05, 0) is 84.3 Å². The van der Waals surface area contributed by atoms with Crippen LogP contribution in [-0.2, 0) is 0 Å². The summed E-state index contributed by atoms with van der Waals surface area (Å²) in [7, 11) is 0. The predicted molar refractivity (Wildman–Crippen MR) is 215 cm³/mol. The minimum Gasteiger partial charge on any atom is -0.494 e. The van der Waals surface area contributed by atoms with Crippen LogP contribution in [0.2, 0.25) is 0 Å². The summed E-state index contributed by atoms with van der Waals surface area (Å²) in [6, 6.07) is 29.7. The minimum atomic E-state index is 0.745. The summed E-state index contributed by atoms with van der Waals surface area (Å²) in [5, 5.41) is 4.24. The number of aromatic nitrogens is 2. The largest absolute Gasteiger partial charge is 0.494 e. The van der Waals surface area contributed by atoms with E-state index in [1.165, 1.54) is 74.0 Å². The molecule has 3 aromatic heterocycles. The van der Waals surface area contributed by atoms with E-state index in [-0.39, 0.29) is 0 Å². The maximum Gasteiger partial charge on any atom is 0.119 e. The van der Waals surface area contributed by atoms with Gasteiger partial charge in [0.1, 0.15) is 11.5 Å². The second kappa shape index (κ2) is 18.8. The van der Waals surface area contributed by atoms with Crippen molar-refractivity contribution < 1.29 is 9.47 Å². The molecule has 0 spiro atoms. The van der Waals surface area contributed by atoms with Crippen LogP contribution >= 0.6 is 22.7 Å². The van der Waals surface area contributed by atoms with E-state index in [4.69, 9.17) is 19.4 Å². The number of ether oxygens (including phenoxy) is 2. The first kappa shape index (κ1) is 35.8. The van der Waals surface area contributed by atoms with Gasteiger partial charge in [0.05, 0.1) is 35.6 Å².